The Morgan fingerprint density at radius 1 is 1.14 bits per heavy atom. The predicted molar refractivity (Wildman–Crippen MR) is 133 cm³/mol. The third kappa shape index (κ3) is 4.54. The number of rotatable bonds is 5. The number of ether oxygens (including phenoxy) is 1. The van der Waals surface area contributed by atoms with Gasteiger partial charge in [0.05, 0.1) is 23.2 Å². The topological polar surface area (TPSA) is 83.3 Å². The van der Waals surface area contributed by atoms with Crippen LogP contribution in [0.2, 0.25) is 0 Å². The van der Waals surface area contributed by atoms with Gasteiger partial charge in [0, 0.05) is 49.3 Å². The highest BCUT2D eigenvalue weighted by Crippen LogP contribution is 2.30. The molecule has 0 N–H and O–H groups in total. The first kappa shape index (κ1) is 23.5. The van der Waals surface area contributed by atoms with Gasteiger partial charge in [-0.05, 0) is 48.3 Å². The van der Waals surface area contributed by atoms with E-state index in [0.29, 0.717) is 46.1 Å². The quantitative estimate of drug-likeness (QED) is 0.390. The fourth-order valence-corrected chi connectivity index (χ4v) is 5.22. The van der Waals surface area contributed by atoms with Crippen molar-refractivity contribution in [1.82, 2.24) is 19.4 Å². The maximum atomic E-state index is 14.2. The molecule has 7 nitrogen and oxygen atoms in total. The summed E-state index contributed by atoms with van der Waals surface area (Å²) in [5.74, 6) is -0.0573. The number of hydrogen-bond acceptors (Lipinski definition) is 5. The molecule has 0 saturated carbocycles. The van der Waals surface area contributed by atoms with Crippen molar-refractivity contribution in [2.75, 3.05) is 26.5 Å². The number of carbonyl (C=O) groups excluding carboxylic acids is 1. The number of fused-ring (bicyclic) bond motifs is 1. The van der Waals surface area contributed by atoms with Crippen LogP contribution in [-0.2, 0) is 15.9 Å². The van der Waals surface area contributed by atoms with Gasteiger partial charge in [0.1, 0.15) is 12.1 Å². The zero-order valence-electron chi connectivity index (χ0n) is 19.5. The summed E-state index contributed by atoms with van der Waals surface area (Å²) in [5.41, 5.74) is 2.20. The van der Waals surface area contributed by atoms with Crippen molar-refractivity contribution in [2.24, 2.45) is 0 Å². The molecule has 2 aromatic carbocycles. The molecule has 1 amide bonds. The number of nitrogens with zero attached hydrogens (tertiary/aromatic N) is 4. The van der Waals surface area contributed by atoms with Crippen LogP contribution in [-0.4, -0.2) is 62.5 Å². The van der Waals surface area contributed by atoms with Crippen molar-refractivity contribution >= 4 is 28.0 Å². The Morgan fingerprint density at radius 2 is 1.86 bits per heavy atom. The van der Waals surface area contributed by atoms with E-state index >= 15 is 0 Å². The van der Waals surface area contributed by atoms with Crippen LogP contribution in [0.5, 0.6) is 0 Å². The lowest BCUT2D eigenvalue weighted by Gasteiger charge is -2.31. The number of amides is 1. The molecular weight excluding hydrogens is 467 g/mol. The van der Waals surface area contributed by atoms with E-state index in [1.54, 1.807) is 66.9 Å². The zero-order valence-corrected chi connectivity index (χ0v) is 20.3. The summed E-state index contributed by atoms with van der Waals surface area (Å²) in [7, 11) is 1.70. The molecular formula is C26H25FN4O3S. The summed E-state index contributed by atoms with van der Waals surface area (Å²) in [6.07, 6.45) is 8.26. The molecule has 3 heterocycles. The van der Waals surface area contributed by atoms with Crippen LogP contribution in [0.25, 0.3) is 28.0 Å². The second kappa shape index (κ2) is 9.77. The average Bonchev–Trinajstić information content (AvgIpc) is 3.28. The van der Waals surface area contributed by atoms with Gasteiger partial charge in [-0.1, -0.05) is 18.2 Å². The van der Waals surface area contributed by atoms with Crippen LogP contribution < -0.4 is 0 Å². The highest BCUT2D eigenvalue weighted by molar-refractivity contribution is 7.91. The summed E-state index contributed by atoms with van der Waals surface area (Å²) in [6.45, 7) is 1.28. The highest BCUT2D eigenvalue weighted by atomic mass is 32.2. The number of likely N-dealkylation sites (tertiary alicyclic amines) is 1. The summed E-state index contributed by atoms with van der Waals surface area (Å²) in [4.78, 5) is 24.6. The first-order valence-corrected chi connectivity index (χ1v) is 12.9. The standard InChI is InChI=1S/C26H25FN4O3S/c1-34-19-9-11-30(12-10-19)25(32)17-7-8-21-23(13-17)31(16-24(21)35(2)33)26-28-14-18(15-29-26)20-5-3-4-6-22(20)27/h3-8,13-16,19H,9-12H2,1-2H3. The molecule has 9 heteroatoms. The lowest BCUT2D eigenvalue weighted by molar-refractivity contribution is 0.0351. The Balaban J connectivity index is 1.51. The lowest BCUT2D eigenvalue weighted by atomic mass is 10.1. The van der Waals surface area contributed by atoms with Crippen molar-refractivity contribution in [3.05, 3.63) is 72.4 Å². The monoisotopic (exact) mass is 492 g/mol. The summed E-state index contributed by atoms with van der Waals surface area (Å²) < 4.78 is 33.7. The van der Waals surface area contributed by atoms with E-state index in [1.165, 1.54) is 6.07 Å². The van der Waals surface area contributed by atoms with Crippen LogP contribution >= 0.6 is 0 Å². The van der Waals surface area contributed by atoms with Gasteiger partial charge >= 0.3 is 0 Å². The number of aromatic nitrogens is 3. The largest absolute Gasteiger partial charge is 0.612 e. The summed E-state index contributed by atoms with van der Waals surface area (Å²) >= 11 is -1.26. The van der Waals surface area contributed by atoms with E-state index in [1.807, 2.05) is 11.0 Å². The van der Waals surface area contributed by atoms with Gasteiger partial charge in [-0.2, -0.15) is 0 Å². The van der Waals surface area contributed by atoms with Gasteiger partial charge in [-0.3, -0.25) is 9.36 Å². The van der Waals surface area contributed by atoms with Gasteiger partial charge in [0.25, 0.3) is 5.91 Å². The molecule has 1 aliphatic rings. The minimum atomic E-state index is -1.26. The molecule has 5 rings (SSSR count). The molecule has 2 aromatic heterocycles. The van der Waals surface area contributed by atoms with Crippen molar-refractivity contribution in [3.63, 3.8) is 0 Å². The molecule has 1 aliphatic heterocycles. The van der Waals surface area contributed by atoms with Crippen LogP contribution in [0, 0.1) is 5.82 Å². The number of hydrogen-bond donors (Lipinski definition) is 0. The van der Waals surface area contributed by atoms with Crippen LogP contribution in [0.3, 0.4) is 0 Å². The number of halogens is 1. The van der Waals surface area contributed by atoms with Crippen LogP contribution in [0.4, 0.5) is 4.39 Å². The number of piperidine rings is 1. The second-order valence-electron chi connectivity index (χ2n) is 8.53. The Labute approximate surface area is 205 Å². The molecule has 0 aliphatic carbocycles. The van der Waals surface area contributed by atoms with E-state index in [2.05, 4.69) is 9.97 Å². The predicted octanol–water partition coefficient (Wildman–Crippen LogP) is 4.22. The van der Waals surface area contributed by atoms with Crippen molar-refractivity contribution < 1.29 is 18.5 Å². The number of methoxy groups -OCH3 is 1. The summed E-state index contributed by atoms with van der Waals surface area (Å²) in [5, 5.41) is 0.766. The molecule has 4 aromatic rings. The summed E-state index contributed by atoms with van der Waals surface area (Å²) in [6, 6.07) is 11.8. The van der Waals surface area contributed by atoms with Gasteiger partial charge in [-0.25, -0.2) is 14.4 Å². The molecule has 0 radical (unpaired) electrons. The van der Waals surface area contributed by atoms with Crippen LogP contribution in [0.15, 0.2) is 66.0 Å². The van der Waals surface area contributed by atoms with Gasteiger partial charge in [-0.15, -0.1) is 0 Å². The fraction of sp³-hybridized carbons (Fsp3) is 0.269. The van der Waals surface area contributed by atoms with Gasteiger partial charge < -0.3 is 14.2 Å². The van der Waals surface area contributed by atoms with E-state index < -0.39 is 11.2 Å². The smallest absolute Gasteiger partial charge is 0.253 e. The third-order valence-electron chi connectivity index (χ3n) is 6.43. The number of benzene rings is 2. The Hall–Kier alpha value is -3.27. The second-order valence-corrected chi connectivity index (χ2v) is 9.88. The van der Waals surface area contributed by atoms with Crippen molar-refractivity contribution in [3.8, 4) is 17.1 Å². The molecule has 0 spiro atoms. The first-order valence-electron chi connectivity index (χ1n) is 11.3. The molecule has 1 unspecified atom stereocenters. The minimum Gasteiger partial charge on any atom is -0.612 e. The van der Waals surface area contributed by atoms with Gasteiger partial charge in [0.2, 0.25) is 5.95 Å². The van der Waals surface area contributed by atoms with E-state index in [9.17, 15) is 13.7 Å². The SMILES string of the molecule is COC1CCN(C(=O)c2ccc3c([S+](C)[O-])cn(-c4ncc(-c5ccccc5F)cn4)c3c2)CC1. The van der Waals surface area contributed by atoms with Crippen molar-refractivity contribution in [2.45, 2.75) is 23.8 Å². The van der Waals surface area contributed by atoms with E-state index in [-0.39, 0.29) is 17.8 Å². The maximum absolute atomic E-state index is 14.2. The third-order valence-corrected chi connectivity index (χ3v) is 7.37. The fourth-order valence-electron chi connectivity index (χ4n) is 4.48. The molecule has 1 saturated heterocycles. The Bertz CT molecular complexity index is 1370. The minimum absolute atomic E-state index is 0.0517. The first-order chi connectivity index (χ1) is 17.0. The highest BCUT2D eigenvalue weighted by Gasteiger charge is 2.25. The molecule has 0 bridgehead atoms. The van der Waals surface area contributed by atoms with Crippen LogP contribution in [0.1, 0.15) is 23.2 Å². The van der Waals surface area contributed by atoms with Crippen molar-refractivity contribution in [1.29, 1.82) is 0 Å². The average molecular weight is 493 g/mol. The Kier molecular flexibility index (Phi) is 6.55. The molecule has 1 atom stereocenters. The molecule has 35 heavy (non-hydrogen) atoms. The van der Waals surface area contributed by atoms with Gasteiger partial charge in [0.15, 0.2) is 4.90 Å². The normalized spacial score (nSPS) is 15.5. The van der Waals surface area contributed by atoms with E-state index in [0.717, 1.165) is 18.2 Å². The van der Waals surface area contributed by atoms with E-state index in [4.69, 9.17) is 4.74 Å². The number of carbonyl (C=O) groups is 1. The zero-order chi connectivity index (χ0) is 24.5. The molecule has 180 valence electrons. The molecule has 1 fully saturated rings. The lowest BCUT2D eigenvalue weighted by Crippen LogP contribution is -2.40. The Morgan fingerprint density at radius 3 is 2.51 bits per heavy atom. The maximum Gasteiger partial charge on any atom is 0.253 e.